The van der Waals surface area contributed by atoms with Crippen molar-refractivity contribution in [1.82, 2.24) is 10.6 Å². The van der Waals surface area contributed by atoms with Crippen molar-refractivity contribution in [2.24, 2.45) is 10.8 Å². The fourth-order valence-corrected chi connectivity index (χ4v) is 2.60. The average Bonchev–Trinajstić information content (AvgIpc) is 2.30. The molecule has 3 amide bonds. The average molecular weight is 298 g/mol. The molecule has 1 aliphatic carbocycles. The monoisotopic (exact) mass is 298 g/mol. The van der Waals surface area contributed by atoms with Gasteiger partial charge in [0, 0.05) is 12.5 Å². The van der Waals surface area contributed by atoms with Crippen molar-refractivity contribution in [3.05, 3.63) is 0 Å². The Morgan fingerprint density at radius 1 is 1.24 bits per heavy atom. The quantitative estimate of drug-likeness (QED) is 0.742. The van der Waals surface area contributed by atoms with Gasteiger partial charge in [0.15, 0.2) is 0 Å². The topological polar surface area (TPSA) is 95.5 Å². The van der Waals surface area contributed by atoms with E-state index in [1.807, 2.05) is 0 Å². The summed E-state index contributed by atoms with van der Waals surface area (Å²) in [5.41, 5.74) is -1.17. The molecule has 1 atom stereocenters. The lowest BCUT2D eigenvalue weighted by Crippen LogP contribution is -2.51. The van der Waals surface area contributed by atoms with Gasteiger partial charge in [0.25, 0.3) is 0 Å². The third-order valence-electron chi connectivity index (χ3n) is 4.25. The maximum atomic E-state index is 11.9. The summed E-state index contributed by atoms with van der Waals surface area (Å²) < 4.78 is 0. The Morgan fingerprint density at radius 3 is 2.38 bits per heavy atom. The van der Waals surface area contributed by atoms with Crippen LogP contribution in [0.5, 0.6) is 0 Å². The van der Waals surface area contributed by atoms with Crippen molar-refractivity contribution in [2.45, 2.75) is 65.8 Å². The van der Waals surface area contributed by atoms with E-state index >= 15 is 0 Å². The highest BCUT2D eigenvalue weighted by atomic mass is 16.4. The Labute approximate surface area is 125 Å². The third kappa shape index (κ3) is 5.02. The van der Waals surface area contributed by atoms with Crippen LogP contribution in [0.15, 0.2) is 0 Å². The molecule has 1 aliphatic rings. The summed E-state index contributed by atoms with van der Waals surface area (Å²) in [5.74, 6) is -1.64. The fraction of sp³-hybridized carbons (Fsp3) is 0.800. The fourth-order valence-electron chi connectivity index (χ4n) is 2.60. The van der Waals surface area contributed by atoms with E-state index < -0.39 is 23.3 Å². The van der Waals surface area contributed by atoms with Gasteiger partial charge in [-0.15, -0.1) is 0 Å². The number of carbonyl (C=O) groups excluding carboxylic acids is 2. The molecule has 0 heterocycles. The molecule has 0 aromatic carbocycles. The summed E-state index contributed by atoms with van der Waals surface area (Å²) in [6, 6.07) is -0.507. The first-order valence-corrected chi connectivity index (χ1v) is 7.38. The molecule has 120 valence electrons. The molecule has 6 heteroatoms. The molecule has 3 N–H and O–H groups in total. The number of hydrogen-bond acceptors (Lipinski definition) is 3. The first kappa shape index (κ1) is 17.5. The van der Waals surface area contributed by atoms with Crippen LogP contribution >= 0.6 is 0 Å². The molecular formula is C15H26N2O4. The zero-order chi connectivity index (χ0) is 16.3. The van der Waals surface area contributed by atoms with Crippen molar-refractivity contribution >= 4 is 17.9 Å². The number of amides is 3. The number of urea groups is 1. The summed E-state index contributed by atoms with van der Waals surface area (Å²) >= 11 is 0. The zero-order valence-electron chi connectivity index (χ0n) is 13.3. The molecule has 1 rings (SSSR count). The van der Waals surface area contributed by atoms with E-state index in [0.29, 0.717) is 0 Å². The summed E-state index contributed by atoms with van der Waals surface area (Å²) in [4.78, 5) is 34.6. The number of carboxylic acids is 1. The van der Waals surface area contributed by atoms with Gasteiger partial charge >= 0.3 is 12.0 Å². The summed E-state index contributed by atoms with van der Waals surface area (Å²) in [5, 5.41) is 14.0. The van der Waals surface area contributed by atoms with Gasteiger partial charge in [-0.05, 0) is 32.1 Å². The second-order valence-corrected chi connectivity index (χ2v) is 7.17. The largest absolute Gasteiger partial charge is 0.481 e. The Balaban J connectivity index is 2.50. The van der Waals surface area contributed by atoms with Crippen LogP contribution in [0, 0.1) is 10.8 Å². The molecule has 0 bridgehead atoms. The van der Waals surface area contributed by atoms with E-state index in [2.05, 4.69) is 24.5 Å². The molecule has 1 fully saturated rings. The first-order chi connectivity index (χ1) is 9.54. The van der Waals surface area contributed by atoms with Crippen LogP contribution in [0.1, 0.15) is 59.8 Å². The lowest BCUT2D eigenvalue weighted by molar-refractivity contribution is -0.149. The van der Waals surface area contributed by atoms with Crippen LogP contribution in [0.2, 0.25) is 0 Å². The van der Waals surface area contributed by atoms with Gasteiger partial charge in [-0.1, -0.05) is 26.7 Å². The smallest absolute Gasteiger partial charge is 0.321 e. The number of hydrogen-bond donors (Lipinski definition) is 3. The molecule has 0 aromatic heterocycles. The third-order valence-corrected chi connectivity index (χ3v) is 4.25. The Kier molecular flexibility index (Phi) is 5.36. The van der Waals surface area contributed by atoms with Gasteiger partial charge in [0.1, 0.15) is 0 Å². The Hall–Kier alpha value is -1.59. The maximum Gasteiger partial charge on any atom is 0.321 e. The number of imide groups is 1. The number of nitrogens with one attached hydrogen (secondary N) is 2. The maximum absolute atomic E-state index is 11.9. The lowest BCUT2D eigenvalue weighted by Gasteiger charge is -2.38. The van der Waals surface area contributed by atoms with Crippen molar-refractivity contribution in [2.75, 3.05) is 0 Å². The van der Waals surface area contributed by atoms with Crippen LogP contribution in [-0.4, -0.2) is 29.1 Å². The molecule has 0 aliphatic heterocycles. The molecule has 0 radical (unpaired) electrons. The highest BCUT2D eigenvalue weighted by Crippen LogP contribution is 2.35. The van der Waals surface area contributed by atoms with Gasteiger partial charge in [-0.2, -0.15) is 0 Å². The minimum Gasteiger partial charge on any atom is -0.481 e. The predicted molar refractivity (Wildman–Crippen MR) is 78.7 cm³/mol. The van der Waals surface area contributed by atoms with E-state index in [9.17, 15) is 14.4 Å². The summed E-state index contributed by atoms with van der Waals surface area (Å²) in [6.45, 7) is 7.12. The van der Waals surface area contributed by atoms with Gasteiger partial charge < -0.3 is 10.4 Å². The van der Waals surface area contributed by atoms with Gasteiger partial charge in [-0.3, -0.25) is 14.9 Å². The van der Waals surface area contributed by atoms with Crippen LogP contribution in [0.3, 0.4) is 0 Å². The highest BCUT2D eigenvalue weighted by Gasteiger charge is 2.34. The van der Waals surface area contributed by atoms with E-state index in [1.54, 1.807) is 0 Å². The molecule has 1 saturated carbocycles. The van der Waals surface area contributed by atoms with Gasteiger partial charge in [-0.25, -0.2) is 4.79 Å². The summed E-state index contributed by atoms with van der Waals surface area (Å²) in [6.07, 6.45) is 3.92. The minimum absolute atomic E-state index is 0.0129. The van der Waals surface area contributed by atoms with Crippen LogP contribution in [-0.2, 0) is 9.59 Å². The molecule has 0 aromatic rings. The summed E-state index contributed by atoms with van der Waals surface area (Å²) in [7, 11) is 0. The predicted octanol–water partition coefficient (Wildman–Crippen LogP) is 2.28. The molecule has 21 heavy (non-hydrogen) atoms. The molecular weight excluding hydrogens is 272 g/mol. The first-order valence-electron chi connectivity index (χ1n) is 7.38. The van der Waals surface area contributed by atoms with E-state index in [4.69, 9.17) is 5.11 Å². The normalized spacial score (nSPS) is 21.4. The standard InChI is InChI=1S/C15H26N2O4/c1-14(2)8-6-5-7-10(14)16-13(21)17-11(18)9-15(3,4)12(19)20/h10H,5-9H2,1-4H3,(H,19,20)(H2,16,17,18,21). The molecule has 0 saturated heterocycles. The Bertz CT molecular complexity index is 429. The number of carbonyl (C=O) groups is 3. The van der Waals surface area contributed by atoms with Crippen LogP contribution in [0.4, 0.5) is 4.79 Å². The van der Waals surface area contributed by atoms with Crippen LogP contribution in [0.25, 0.3) is 0 Å². The second-order valence-electron chi connectivity index (χ2n) is 7.17. The van der Waals surface area contributed by atoms with Gasteiger partial charge in [0.2, 0.25) is 5.91 Å². The van der Waals surface area contributed by atoms with E-state index in [-0.39, 0.29) is 17.9 Å². The number of rotatable bonds is 4. The van der Waals surface area contributed by atoms with E-state index in [0.717, 1.165) is 25.7 Å². The van der Waals surface area contributed by atoms with Crippen molar-refractivity contribution < 1.29 is 19.5 Å². The molecule has 6 nitrogen and oxygen atoms in total. The molecule has 0 spiro atoms. The SMILES string of the molecule is CC(C)(CC(=O)NC(=O)NC1CCCCC1(C)C)C(=O)O. The molecule has 1 unspecified atom stereocenters. The van der Waals surface area contributed by atoms with Crippen molar-refractivity contribution in [3.63, 3.8) is 0 Å². The minimum atomic E-state index is -1.19. The highest BCUT2D eigenvalue weighted by molar-refractivity contribution is 5.96. The van der Waals surface area contributed by atoms with Crippen LogP contribution < -0.4 is 10.6 Å². The van der Waals surface area contributed by atoms with Crippen molar-refractivity contribution in [3.8, 4) is 0 Å². The van der Waals surface area contributed by atoms with Crippen molar-refractivity contribution in [1.29, 1.82) is 0 Å². The number of carboxylic acid groups (broad SMARTS) is 1. The Morgan fingerprint density at radius 2 is 1.86 bits per heavy atom. The number of aliphatic carboxylic acids is 1. The zero-order valence-corrected chi connectivity index (χ0v) is 13.3. The lowest BCUT2D eigenvalue weighted by atomic mass is 9.73. The van der Waals surface area contributed by atoms with E-state index in [1.165, 1.54) is 13.8 Å². The second kappa shape index (κ2) is 6.45. The van der Waals surface area contributed by atoms with Gasteiger partial charge in [0.05, 0.1) is 5.41 Å².